The number of aromatic nitrogens is 2. The van der Waals surface area contributed by atoms with E-state index >= 15 is 0 Å². The number of carbonyl (C=O) groups is 1. The van der Waals surface area contributed by atoms with Gasteiger partial charge in [0, 0.05) is 29.9 Å². The van der Waals surface area contributed by atoms with E-state index in [1.54, 1.807) is 7.05 Å². The third-order valence-electron chi connectivity index (χ3n) is 1.72. The Morgan fingerprint density at radius 2 is 2.33 bits per heavy atom. The van der Waals surface area contributed by atoms with Gasteiger partial charge in [-0.15, -0.1) is 0 Å². The Labute approximate surface area is 93.3 Å². The van der Waals surface area contributed by atoms with Crippen molar-refractivity contribution in [3.05, 3.63) is 20.5 Å². The van der Waals surface area contributed by atoms with E-state index in [1.165, 1.54) is 11.5 Å². The predicted octanol–water partition coefficient (Wildman–Crippen LogP) is 1.15. The number of carbonyl (C=O) groups excluding carboxylic acids is 1. The summed E-state index contributed by atoms with van der Waals surface area (Å²) in [4.78, 5) is 24.2. The highest BCUT2D eigenvalue weighted by molar-refractivity contribution is 9.10. The van der Waals surface area contributed by atoms with E-state index in [2.05, 4.69) is 25.7 Å². The number of halogens is 1. The van der Waals surface area contributed by atoms with Crippen LogP contribution in [0.15, 0.2) is 4.73 Å². The molecule has 8 heteroatoms. The second-order valence-corrected chi connectivity index (χ2v) is 3.46. The molecule has 1 aromatic heterocycles. The van der Waals surface area contributed by atoms with Crippen molar-refractivity contribution in [3.8, 4) is 0 Å². The molecule has 1 rings (SSSR count). The first-order chi connectivity index (χ1) is 6.93. The third kappa shape index (κ3) is 2.52. The van der Waals surface area contributed by atoms with Crippen LogP contribution in [0.4, 0.5) is 5.82 Å². The Bertz CT molecular complexity index is 415. The molecule has 1 aromatic rings. The number of nitro groups is 1. The van der Waals surface area contributed by atoms with Crippen LogP contribution in [0.1, 0.15) is 12.6 Å². The molecule has 0 atom stereocenters. The fourth-order valence-corrected chi connectivity index (χ4v) is 1.35. The largest absolute Gasteiger partial charge is 0.459 e. The molecule has 1 heterocycles. The van der Waals surface area contributed by atoms with Crippen molar-refractivity contribution >= 4 is 27.7 Å². The van der Waals surface area contributed by atoms with Crippen molar-refractivity contribution in [3.63, 3.8) is 0 Å². The molecule has 7 nitrogen and oxygen atoms in total. The van der Waals surface area contributed by atoms with Crippen LogP contribution in [-0.2, 0) is 23.2 Å². The molecule has 0 saturated carbocycles. The summed E-state index contributed by atoms with van der Waals surface area (Å²) in [5, 5.41) is 10.6. The molecule has 0 bridgehead atoms. The van der Waals surface area contributed by atoms with Crippen molar-refractivity contribution in [2.24, 2.45) is 7.05 Å². The SMILES string of the molecule is CC(=O)OCc1c([N+](=O)[O-])nc(Br)n1C. The average Bonchev–Trinajstić information content (AvgIpc) is 2.41. The van der Waals surface area contributed by atoms with Gasteiger partial charge in [-0.1, -0.05) is 0 Å². The van der Waals surface area contributed by atoms with Gasteiger partial charge in [-0.3, -0.25) is 9.36 Å². The average molecular weight is 278 g/mol. The van der Waals surface area contributed by atoms with Crippen molar-refractivity contribution in [1.29, 1.82) is 0 Å². The second kappa shape index (κ2) is 4.39. The van der Waals surface area contributed by atoms with E-state index < -0.39 is 10.9 Å². The lowest BCUT2D eigenvalue weighted by Gasteiger charge is -2.02. The summed E-state index contributed by atoms with van der Waals surface area (Å²) in [5.74, 6) is -0.813. The summed E-state index contributed by atoms with van der Waals surface area (Å²) < 4.78 is 6.45. The molecule has 0 unspecified atom stereocenters. The standard InChI is InChI=1S/C7H8BrN3O4/c1-4(12)15-3-5-6(11(13)14)9-7(8)10(5)2/h3H2,1-2H3. The molecule has 0 aliphatic heterocycles. The van der Waals surface area contributed by atoms with Crippen LogP contribution in [-0.4, -0.2) is 20.4 Å². The molecule has 0 aliphatic carbocycles. The summed E-state index contributed by atoms with van der Waals surface area (Å²) in [6, 6.07) is 0. The fourth-order valence-electron chi connectivity index (χ4n) is 0.966. The summed E-state index contributed by atoms with van der Waals surface area (Å²) in [6.07, 6.45) is 0. The van der Waals surface area contributed by atoms with E-state index in [9.17, 15) is 14.9 Å². The maximum absolute atomic E-state index is 10.6. The van der Waals surface area contributed by atoms with Crippen LogP contribution in [0.5, 0.6) is 0 Å². The van der Waals surface area contributed by atoms with Crippen LogP contribution in [0.25, 0.3) is 0 Å². The van der Waals surface area contributed by atoms with Crippen LogP contribution >= 0.6 is 15.9 Å². The van der Waals surface area contributed by atoms with Gasteiger partial charge < -0.3 is 14.9 Å². The minimum absolute atomic E-state index is 0.166. The molecule has 0 radical (unpaired) electrons. The van der Waals surface area contributed by atoms with Gasteiger partial charge in [-0.2, -0.15) is 0 Å². The molecule has 0 fully saturated rings. The molecule has 0 spiro atoms. The minimum atomic E-state index is -0.621. The Hall–Kier alpha value is -1.44. The molecule has 0 amide bonds. The zero-order chi connectivity index (χ0) is 11.6. The lowest BCUT2D eigenvalue weighted by atomic mass is 10.4. The smallest absolute Gasteiger partial charge is 0.389 e. The van der Waals surface area contributed by atoms with Gasteiger partial charge in [-0.05, 0) is 9.91 Å². The van der Waals surface area contributed by atoms with Crippen molar-refractivity contribution in [1.82, 2.24) is 9.55 Å². The van der Waals surface area contributed by atoms with Crippen molar-refractivity contribution in [2.75, 3.05) is 0 Å². The Morgan fingerprint density at radius 1 is 1.73 bits per heavy atom. The van der Waals surface area contributed by atoms with Gasteiger partial charge in [0.2, 0.25) is 0 Å². The van der Waals surface area contributed by atoms with Gasteiger partial charge >= 0.3 is 11.8 Å². The number of esters is 1. The summed E-state index contributed by atoms with van der Waals surface area (Å²) in [7, 11) is 1.59. The maximum atomic E-state index is 10.6. The topological polar surface area (TPSA) is 87.3 Å². The Kier molecular flexibility index (Phi) is 3.40. The lowest BCUT2D eigenvalue weighted by molar-refractivity contribution is -0.390. The highest BCUT2D eigenvalue weighted by atomic mass is 79.9. The zero-order valence-corrected chi connectivity index (χ0v) is 9.65. The van der Waals surface area contributed by atoms with Crippen molar-refractivity contribution < 1.29 is 14.5 Å². The van der Waals surface area contributed by atoms with E-state index in [-0.39, 0.29) is 18.1 Å². The molecule has 82 valence electrons. The molecule has 0 aromatic carbocycles. The zero-order valence-electron chi connectivity index (χ0n) is 8.06. The molecule has 0 saturated heterocycles. The van der Waals surface area contributed by atoms with Gasteiger partial charge in [0.25, 0.3) is 4.73 Å². The van der Waals surface area contributed by atoms with Gasteiger partial charge in [0.05, 0.1) is 0 Å². The van der Waals surface area contributed by atoms with Crippen molar-refractivity contribution in [2.45, 2.75) is 13.5 Å². The summed E-state index contributed by atoms with van der Waals surface area (Å²) >= 11 is 3.05. The van der Waals surface area contributed by atoms with Crippen LogP contribution in [0.2, 0.25) is 0 Å². The first-order valence-corrected chi connectivity index (χ1v) is 4.71. The van der Waals surface area contributed by atoms with Gasteiger partial charge in [-0.25, -0.2) is 0 Å². The monoisotopic (exact) mass is 277 g/mol. The van der Waals surface area contributed by atoms with E-state index in [0.717, 1.165) is 0 Å². The normalized spacial score (nSPS) is 10.1. The quantitative estimate of drug-likeness (QED) is 0.470. The number of ether oxygens (including phenoxy) is 1. The van der Waals surface area contributed by atoms with Crippen LogP contribution < -0.4 is 0 Å². The summed E-state index contributed by atoms with van der Waals surface area (Å²) in [5.41, 5.74) is 0.238. The molecule has 0 N–H and O–H groups in total. The van der Waals surface area contributed by atoms with Gasteiger partial charge in [0.15, 0.2) is 5.69 Å². The van der Waals surface area contributed by atoms with Gasteiger partial charge in [0.1, 0.15) is 6.61 Å². The number of rotatable bonds is 3. The highest BCUT2D eigenvalue weighted by Gasteiger charge is 2.24. The molecule has 15 heavy (non-hydrogen) atoms. The maximum Gasteiger partial charge on any atom is 0.389 e. The number of imidazole rings is 1. The predicted molar refractivity (Wildman–Crippen MR) is 53.0 cm³/mol. The molecular formula is C7H8BrN3O4. The minimum Gasteiger partial charge on any atom is -0.459 e. The highest BCUT2D eigenvalue weighted by Crippen LogP contribution is 2.22. The first-order valence-electron chi connectivity index (χ1n) is 3.92. The number of hydrogen-bond donors (Lipinski definition) is 0. The lowest BCUT2D eigenvalue weighted by Crippen LogP contribution is -2.05. The Balaban J connectivity index is 3.02. The Morgan fingerprint density at radius 3 is 2.80 bits per heavy atom. The number of nitrogens with zero attached hydrogens (tertiary/aromatic N) is 3. The van der Waals surface area contributed by atoms with Crippen LogP contribution in [0.3, 0.4) is 0 Å². The second-order valence-electron chi connectivity index (χ2n) is 2.75. The van der Waals surface area contributed by atoms with E-state index in [0.29, 0.717) is 4.73 Å². The third-order valence-corrected chi connectivity index (χ3v) is 2.43. The first kappa shape index (κ1) is 11.6. The van der Waals surface area contributed by atoms with Crippen LogP contribution in [0, 0.1) is 10.1 Å². The fraction of sp³-hybridized carbons (Fsp3) is 0.429. The van der Waals surface area contributed by atoms with E-state index in [4.69, 9.17) is 0 Å². The number of hydrogen-bond acceptors (Lipinski definition) is 5. The summed E-state index contributed by atoms with van der Waals surface area (Å²) in [6.45, 7) is 1.07. The molecule has 0 aliphatic rings. The molecular weight excluding hydrogens is 270 g/mol. The van der Waals surface area contributed by atoms with E-state index in [1.807, 2.05) is 0 Å².